The van der Waals surface area contributed by atoms with Crippen LogP contribution in [-0.4, -0.2) is 12.5 Å². The van der Waals surface area contributed by atoms with E-state index in [9.17, 15) is 4.79 Å². The second-order valence-electron chi connectivity index (χ2n) is 7.49. The minimum Gasteiger partial charge on any atom is -0.356 e. The van der Waals surface area contributed by atoms with Crippen LogP contribution in [0.2, 0.25) is 5.02 Å². The second kappa shape index (κ2) is 9.05. The van der Waals surface area contributed by atoms with E-state index in [2.05, 4.69) is 50.4 Å². The molecule has 0 saturated heterocycles. The number of nitrogens with one attached hydrogen (secondary N) is 1. The van der Waals surface area contributed by atoms with Gasteiger partial charge in [0.25, 0.3) is 0 Å². The first-order valence-electron chi connectivity index (χ1n) is 8.96. The molecule has 3 heteroatoms. The van der Waals surface area contributed by atoms with Gasteiger partial charge in [0.05, 0.1) is 0 Å². The summed E-state index contributed by atoms with van der Waals surface area (Å²) in [4.78, 5) is 12.0. The highest BCUT2D eigenvalue weighted by atomic mass is 35.5. The molecule has 134 valence electrons. The van der Waals surface area contributed by atoms with Crippen molar-refractivity contribution < 1.29 is 4.79 Å². The molecule has 2 aromatic carbocycles. The fourth-order valence-corrected chi connectivity index (χ4v) is 2.96. The van der Waals surface area contributed by atoms with Crippen molar-refractivity contribution in [3.8, 4) is 0 Å². The molecule has 0 atom stereocenters. The molecule has 25 heavy (non-hydrogen) atoms. The van der Waals surface area contributed by atoms with E-state index in [1.165, 1.54) is 11.1 Å². The van der Waals surface area contributed by atoms with Crippen LogP contribution < -0.4 is 5.32 Å². The smallest absolute Gasteiger partial charge is 0.220 e. The lowest BCUT2D eigenvalue weighted by Gasteiger charge is -2.19. The molecular weight excluding hydrogens is 330 g/mol. The summed E-state index contributed by atoms with van der Waals surface area (Å²) < 4.78 is 0. The lowest BCUT2D eigenvalue weighted by molar-refractivity contribution is -0.121. The van der Waals surface area contributed by atoms with Crippen molar-refractivity contribution in [1.29, 1.82) is 0 Å². The summed E-state index contributed by atoms with van der Waals surface area (Å²) in [6, 6.07) is 16.4. The molecule has 0 spiro atoms. The average molecular weight is 358 g/mol. The predicted molar refractivity (Wildman–Crippen MR) is 106 cm³/mol. The third-order valence-electron chi connectivity index (χ3n) is 4.36. The Kier molecular flexibility index (Phi) is 7.07. The van der Waals surface area contributed by atoms with Crippen LogP contribution in [0.1, 0.15) is 50.3 Å². The lowest BCUT2D eigenvalue weighted by Crippen LogP contribution is -2.25. The molecule has 0 fully saturated rings. The largest absolute Gasteiger partial charge is 0.356 e. The maximum absolute atomic E-state index is 12.0. The summed E-state index contributed by atoms with van der Waals surface area (Å²) in [5.41, 5.74) is 3.83. The molecule has 1 amide bonds. The first-order valence-corrected chi connectivity index (χ1v) is 9.33. The van der Waals surface area contributed by atoms with E-state index >= 15 is 0 Å². The Labute approximate surface area is 156 Å². The molecule has 0 aromatic heterocycles. The molecule has 2 aromatic rings. The molecular formula is C22H28ClNO. The van der Waals surface area contributed by atoms with Crippen LogP contribution in [0, 0.1) is 0 Å². The lowest BCUT2D eigenvalue weighted by atomic mass is 9.86. The Morgan fingerprint density at radius 2 is 1.68 bits per heavy atom. The van der Waals surface area contributed by atoms with E-state index in [1.807, 2.05) is 24.3 Å². The summed E-state index contributed by atoms with van der Waals surface area (Å²) in [5, 5.41) is 3.79. The summed E-state index contributed by atoms with van der Waals surface area (Å²) in [5.74, 6) is 0.110. The molecule has 2 rings (SSSR count). The zero-order valence-corrected chi connectivity index (χ0v) is 16.2. The highest BCUT2D eigenvalue weighted by Gasteiger charge is 2.12. The summed E-state index contributed by atoms with van der Waals surface area (Å²) in [6.07, 6.45) is 3.09. The van der Waals surface area contributed by atoms with Gasteiger partial charge in [-0.15, -0.1) is 0 Å². The van der Waals surface area contributed by atoms with Crippen molar-refractivity contribution in [2.45, 2.75) is 51.9 Å². The Balaban J connectivity index is 1.68. The standard InChI is InChI=1S/C22H28ClNO/c1-22(2,3)19-13-10-17(11-14-19)12-15-21(25)24-16-6-8-18-7-4-5-9-20(18)23/h4-5,7,9-11,13-14H,6,8,12,15-16H2,1-3H3,(H,24,25). The Morgan fingerprint density at radius 1 is 1.00 bits per heavy atom. The Morgan fingerprint density at radius 3 is 2.32 bits per heavy atom. The van der Waals surface area contributed by atoms with Crippen LogP contribution in [0.15, 0.2) is 48.5 Å². The van der Waals surface area contributed by atoms with Crippen LogP contribution in [0.5, 0.6) is 0 Å². The van der Waals surface area contributed by atoms with E-state index in [-0.39, 0.29) is 11.3 Å². The first-order chi connectivity index (χ1) is 11.9. The normalized spacial score (nSPS) is 11.4. The topological polar surface area (TPSA) is 29.1 Å². The third kappa shape index (κ3) is 6.55. The van der Waals surface area contributed by atoms with Crippen LogP contribution in [0.4, 0.5) is 0 Å². The van der Waals surface area contributed by atoms with E-state index in [0.717, 1.165) is 29.8 Å². The molecule has 0 radical (unpaired) electrons. The van der Waals surface area contributed by atoms with Crippen molar-refractivity contribution in [3.63, 3.8) is 0 Å². The maximum Gasteiger partial charge on any atom is 0.220 e. The number of rotatable bonds is 7. The van der Waals surface area contributed by atoms with Crippen LogP contribution in [0.3, 0.4) is 0 Å². The number of hydrogen-bond acceptors (Lipinski definition) is 1. The molecule has 0 unspecified atom stereocenters. The van der Waals surface area contributed by atoms with Crippen molar-refractivity contribution in [2.75, 3.05) is 6.54 Å². The zero-order chi connectivity index (χ0) is 18.3. The summed E-state index contributed by atoms with van der Waals surface area (Å²) >= 11 is 6.14. The van der Waals surface area contributed by atoms with E-state index < -0.39 is 0 Å². The van der Waals surface area contributed by atoms with Gasteiger partial charge in [0.15, 0.2) is 0 Å². The summed E-state index contributed by atoms with van der Waals surface area (Å²) in [6.45, 7) is 7.31. The number of benzene rings is 2. The number of carbonyl (C=O) groups excluding carboxylic acids is 1. The van der Waals surface area contributed by atoms with E-state index in [4.69, 9.17) is 11.6 Å². The molecule has 0 aliphatic rings. The van der Waals surface area contributed by atoms with Crippen molar-refractivity contribution in [2.24, 2.45) is 0 Å². The molecule has 0 aliphatic heterocycles. The van der Waals surface area contributed by atoms with Gasteiger partial charge in [-0.05, 0) is 47.4 Å². The van der Waals surface area contributed by atoms with Crippen molar-refractivity contribution in [1.82, 2.24) is 5.32 Å². The highest BCUT2D eigenvalue weighted by Crippen LogP contribution is 2.22. The van der Waals surface area contributed by atoms with Crippen molar-refractivity contribution in [3.05, 3.63) is 70.2 Å². The molecule has 0 heterocycles. The van der Waals surface area contributed by atoms with Gasteiger partial charge in [-0.25, -0.2) is 0 Å². The number of hydrogen-bond donors (Lipinski definition) is 1. The second-order valence-corrected chi connectivity index (χ2v) is 7.90. The fourth-order valence-electron chi connectivity index (χ4n) is 2.73. The number of carbonyl (C=O) groups is 1. The van der Waals surface area contributed by atoms with E-state index in [0.29, 0.717) is 13.0 Å². The maximum atomic E-state index is 12.0. The molecule has 0 bridgehead atoms. The molecule has 0 aliphatic carbocycles. The van der Waals surface area contributed by atoms with Gasteiger partial charge in [-0.3, -0.25) is 4.79 Å². The highest BCUT2D eigenvalue weighted by molar-refractivity contribution is 6.31. The Hall–Kier alpha value is -1.80. The average Bonchev–Trinajstić information content (AvgIpc) is 2.58. The van der Waals surface area contributed by atoms with Crippen molar-refractivity contribution >= 4 is 17.5 Å². The molecule has 0 saturated carbocycles. The van der Waals surface area contributed by atoms with Crippen LogP contribution >= 0.6 is 11.6 Å². The third-order valence-corrected chi connectivity index (χ3v) is 4.73. The number of amides is 1. The predicted octanol–water partition coefficient (Wildman–Crippen LogP) is 5.32. The fraction of sp³-hybridized carbons (Fsp3) is 0.409. The van der Waals surface area contributed by atoms with Gasteiger partial charge in [-0.1, -0.05) is 74.8 Å². The number of halogens is 1. The summed E-state index contributed by atoms with van der Waals surface area (Å²) in [7, 11) is 0. The Bertz CT molecular complexity index is 686. The molecule has 1 N–H and O–H groups in total. The SMILES string of the molecule is CC(C)(C)c1ccc(CCC(=O)NCCCc2ccccc2Cl)cc1. The first kappa shape index (κ1) is 19.5. The van der Waals surface area contributed by atoms with Gasteiger partial charge >= 0.3 is 0 Å². The van der Waals surface area contributed by atoms with E-state index in [1.54, 1.807) is 0 Å². The monoisotopic (exact) mass is 357 g/mol. The quantitative estimate of drug-likeness (QED) is 0.667. The van der Waals surface area contributed by atoms with Crippen LogP contribution in [-0.2, 0) is 23.1 Å². The zero-order valence-electron chi connectivity index (χ0n) is 15.4. The van der Waals surface area contributed by atoms with Gasteiger partial charge in [0.2, 0.25) is 5.91 Å². The minimum atomic E-state index is 0.110. The van der Waals surface area contributed by atoms with Gasteiger partial charge in [0, 0.05) is 18.0 Å². The van der Waals surface area contributed by atoms with Gasteiger partial charge in [-0.2, -0.15) is 0 Å². The van der Waals surface area contributed by atoms with Gasteiger partial charge < -0.3 is 5.32 Å². The minimum absolute atomic E-state index is 0.110. The van der Waals surface area contributed by atoms with Crippen LogP contribution in [0.25, 0.3) is 0 Å². The number of aryl methyl sites for hydroxylation is 2. The van der Waals surface area contributed by atoms with Gasteiger partial charge in [0.1, 0.15) is 0 Å². The molecule has 2 nitrogen and oxygen atoms in total.